The van der Waals surface area contributed by atoms with Crippen molar-refractivity contribution >= 4 is 27.6 Å². The average Bonchev–Trinajstić information content (AvgIpc) is 2.71. The Morgan fingerprint density at radius 3 is 2.21 bits per heavy atom. The maximum atomic E-state index is 13.2. The highest BCUT2D eigenvalue weighted by molar-refractivity contribution is 7.92. The summed E-state index contributed by atoms with van der Waals surface area (Å²) in [5, 5.41) is 0. The Balaban J connectivity index is 2.23. The first-order chi connectivity index (χ1) is 13.7. The molecule has 162 valence electrons. The normalized spacial score (nSPS) is 16.2. The van der Waals surface area contributed by atoms with Crippen LogP contribution < -0.4 is 9.04 Å². The molecule has 0 unspecified atom stereocenters. The predicted octanol–water partition coefficient (Wildman–Crippen LogP) is 2.04. The van der Waals surface area contributed by atoms with E-state index < -0.39 is 16.1 Å². The molecule has 0 aliphatic carbocycles. The first-order valence-corrected chi connectivity index (χ1v) is 11.7. The van der Waals surface area contributed by atoms with E-state index in [0.717, 1.165) is 6.26 Å². The van der Waals surface area contributed by atoms with Crippen molar-refractivity contribution in [1.82, 2.24) is 4.90 Å². The summed E-state index contributed by atoms with van der Waals surface area (Å²) in [4.78, 5) is 26.5. The van der Waals surface area contributed by atoms with Gasteiger partial charge in [0.2, 0.25) is 15.9 Å². The molecular weight excluding hydrogens is 396 g/mol. The van der Waals surface area contributed by atoms with Crippen LogP contribution in [0.3, 0.4) is 0 Å². The van der Waals surface area contributed by atoms with Gasteiger partial charge >= 0.3 is 5.97 Å². The molecule has 0 bridgehead atoms. The summed E-state index contributed by atoms with van der Waals surface area (Å²) in [7, 11) is -2.34. The van der Waals surface area contributed by atoms with E-state index in [1.54, 1.807) is 36.1 Å². The molecule has 1 atom stereocenters. The number of ether oxygens (including phenoxy) is 2. The Morgan fingerprint density at radius 2 is 1.76 bits per heavy atom. The lowest BCUT2D eigenvalue weighted by atomic mass is 9.96. The third kappa shape index (κ3) is 5.62. The lowest BCUT2D eigenvalue weighted by Gasteiger charge is -2.37. The molecule has 1 saturated heterocycles. The SMILES string of the molecule is CCOc1ccc(N([C@H](CC)C(=O)N2CCC(C(=O)OC)CC2)S(C)(=O)=O)cc1. The number of anilines is 1. The molecule has 1 aliphatic heterocycles. The van der Waals surface area contributed by atoms with E-state index in [0.29, 0.717) is 50.4 Å². The number of carbonyl (C=O) groups is 2. The van der Waals surface area contributed by atoms with Gasteiger partial charge in [-0.15, -0.1) is 0 Å². The number of likely N-dealkylation sites (tertiary alicyclic amines) is 1. The monoisotopic (exact) mass is 426 g/mol. The Bertz CT molecular complexity index is 801. The summed E-state index contributed by atoms with van der Waals surface area (Å²) in [6, 6.07) is 5.82. The highest BCUT2D eigenvalue weighted by Gasteiger charge is 2.36. The molecule has 0 N–H and O–H groups in total. The molecule has 8 nitrogen and oxygen atoms in total. The van der Waals surface area contributed by atoms with Crippen molar-refractivity contribution < 1.29 is 27.5 Å². The Labute approximate surface area is 172 Å². The largest absolute Gasteiger partial charge is 0.494 e. The second-order valence-electron chi connectivity index (χ2n) is 7.03. The lowest BCUT2D eigenvalue weighted by Crippen LogP contribution is -2.52. The molecule has 29 heavy (non-hydrogen) atoms. The number of hydrogen-bond acceptors (Lipinski definition) is 6. The van der Waals surface area contributed by atoms with E-state index in [1.165, 1.54) is 11.4 Å². The number of carbonyl (C=O) groups excluding carboxylic acids is 2. The van der Waals surface area contributed by atoms with Crippen molar-refractivity contribution in [2.24, 2.45) is 5.92 Å². The van der Waals surface area contributed by atoms with Gasteiger partial charge in [0.1, 0.15) is 11.8 Å². The highest BCUT2D eigenvalue weighted by Crippen LogP contribution is 2.27. The number of piperidine rings is 1. The van der Waals surface area contributed by atoms with Gasteiger partial charge in [0.25, 0.3) is 0 Å². The Morgan fingerprint density at radius 1 is 1.17 bits per heavy atom. The Hall–Kier alpha value is -2.29. The van der Waals surface area contributed by atoms with Gasteiger partial charge in [0, 0.05) is 13.1 Å². The third-order valence-electron chi connectivity index (χ3n) is 5.06. The molecule has 1 aromatic rings. The molecular formula is C20H30N2O6S. The van der Waals surface area contributed by atoms with Crippen LogP contribution in [0.15, 0.2) is 24.3 Å². The van der Waals surface area contributed by atoms with Crippen molar-refractivity contribution in [3.63, 3.8) is 0 Å². The number of rotatable bonds is 8. The maximum Gasteiger partial charge on any atom is 0.308 e. The zero-order valence-corrected chi connectivity index (χ0v) is 18.3. The van der Waals surface area contributed by atoms with Crippen LogP contribution in [0.25, 0.3) is 0 Å². The minimum atomic E-state index is -3.70. The van der Waals surface area contributed by atoms with E-state index in [4.69, 9.17) is 9.47 Å². The van der Waals surface area contributed by atoms with Gasteiger partial charge in [-0.2, -0.15) is 0 Å². The minimum Gasteiger partial charge on any atom is -0.494 e. The van der Waals surface area contributed by atoms with Gasteiger partial charge in [0.15, 0.2) is 0 Å². The number of sulfonamides is 1. The minimum absolute atomic E-state index is 0.221. The highest BCUT2D eigenvalue weighted by atomic mass is 32.2. The summed E-state index contributed by atoms with van der Waals surface area (Å²) in [6.45, 7) is 4.96. The van der Waals surface area contributed by atoms with Crippen molar-refractivity contribution in [1.29, 1.82) is 0 Å². The van der Waals surface area contributed by atoms with Crippen LogP contribution >= 0.6 is 0 Å². The summed E-state index contributed by atoms with van der Waals surface area (Å²) < 4.78 is 36.5. The predicted molar refractivity (Wildman–Crippen MR) is 110 cm³/mol. The molecule has 1 heterocycles. The molecule has 0 aromatic heterocycles. The number of methoxy groups -OCH3 is 1. The maximum absolute atomic E-state index is 13.2. The average molecular weight is 427 g/mol. The number of benzene rings is 1. The lowest BCUT2D eigenvalue weighted by molar-refractivity contribution is -0.149. The number of nitrogens with zero attached hydrogens (tertiary/aromatic N) is 2. The summed E-state index contributed by atoms with van der Waals surface area (Å²) >= 11 is 0. The second-order valence-corrected chi connectivity index (χ2v) is 8.89. The molecule has 1 amide bonds. The molecule has 2 rings (SSSR count). The van der Waals surface area contributed by atoms with Crippen LogP contribution in [0, 0.1) is 5.92 Å². The summed E-state index contributed by atoms with van der Waals surface area (Å²) in [5.74, 6) is -0.110. The Kier molecular flexibility index (Phi) is 7.89. The fourth-order valence-corrected chi connectivity index (χ4v) is 4.82. The first kappa shape index (κ1) is 23.0. The van der Waals surface area contributed by atoms with Crippen molar-refractivity contribution in [3.05, 3.63) is 24.3 Å². The summed E-state index contributed by atoms with van der Waals surface area (Å²) in [5.41, 5.74) is 0.417. The smallest absolute Gasteiger partial charge is 0.308 e. The first-order valence-electron chi connectivity index (χ1n) is 9.81. The molecule has 1 fully saturated rings. The zero-order valence-electron chi connectivity index (χ0n) is 17.5. The van der Waals surface area contributed by atoms with E-state index in [9.17, 15) is 18.0 Å². The molecule has 0 saturated carbocycles. The fourth-order valence-electron chi connectivity index (χ4n) is 3.61. The van der Waals surface area contributed by atoms with Gasteiger partial charge in [-0.25, -0.2) is 8.42 Å². The van der Waals surface area contributed by atoms with Crippen molar-refractivity contribution in [3.8, 4) is 5.75 Å². The van der Waals surface area contributed by atoms with E-state index in [1.807, 2.05) is 6.92 Å². The zero-order chi connectivity index (χ0) is 21.6. The molecule has 9 heteroatoms. The van der Waals surface area contributed by atoms with Gasteiger partial charge in [-0.1, -0.05) is 6.92 Å². The van der Waals surface area contributed by atoms with Gasteiger partial charge in [-0.05, 0) is 50.5 Å². The second kappa shape index (κ2) is 9.96. The van der Waals surface area contributed by atoms with Crippen LogP contribution in [0.5, 0.6) is 5.75 Å². The van der Waals surface area contributed by atoms with Crippen LogP contribution in [0.1, 0.15) is 33.1 Å². The van der Waals surface area contributed by atoms with Crippen LogP contribution in [-0.4, -0.2) is 64.3 Å². The van der Waals surface area contributed by atoms with Crippen LogP contribution in [-0.2, 0) is 24.3 Å². The molecule has 1 aromatic carbocycles. The molecule has 0 spiro atoms. The topological polar surface area (TPSA) is 93.2 Å². The standard InChI is InChI=1S/C20H30N2O6S/c1-5-18(19(23)21-13-11-15(12-14-21)20(24)27-3)22(29(4,25)26)16-7-9-17(10-8-16)28-6-2/h7-10,15,18H,5-6,11-14H2,1-4H3/t18-/m1/s1. The number of amides is 1. The van der Waals surface area contributed by atoms with Crippen LogP contribution in [0.4, 0.5) is 5.69 Å². The number of esters is 1. The quantitative estimate of drug-likeness (QED) is 0.591. The van der Waals surface area contributed by atoms with Crippen LogP contribution in [0.2, 0.25) is 0 Å². The third-order valence-corrected chi connectivity index (χ3v) is 6.24. The van der Waals surface area contributed by atoms with Gasteiger partial charge in [0.05, 0.1) is 31.6 Å². The van der Waals surface area contributed by atoms with E-state index >= 15 is 0 Å². The van der Waals surface area contributed by atoms with Crippen molar-refractivity contribution in [2.75, 3.05) is 37.4 Å². The van der Waals surface area contributed by atoms with Gasteiger partial charge < -0.3 is 14.4 Å². The van der Waals surface area contributed by atoms with E-state index in [-0.39, 0.29) is 17.8 Å². The molecule has 1 aliphatic rings. The molecule has 0 radical (unpaired) electrons. The van der Waals surface area contributed by atoms with Crippen molar-refractivity contribution in [2.45, 2.75) is 39.2 Å². The number of hydrogen-bond donors (Lipinski definition) is 0. The van der Waals surface area contributed by atoms with E-state index in [2.05, 4.69) is 0 Å². The van der Waals surface area contributed by atoms with Gasteiger partial charge in [-0.3, -0.25) is 13.9 Å². The summed E-state index contributed by atoms with van der Waals surface area (Å²) in [6.07, 6.45) is 2.45. The fraction of sp³-hybridized carbons (Fsp3) is 0.600.